The van der Waals surface area contributed by atoms with Gasteiger partial charge in [-0.3, -0.25) is 4.79 Å². The van der Waals surface area contributed by atoms with E-state index in [0.717, 1.165) is 25.9 Å². The maximum absolute atomic E-state index is 12.7. The number of ether oxygens (including phenoxy) is 2. The van der Waals surface area contributed by atoms with E-state index in [4.69, 9.17) is 15.2 Å². The number of nitrogen functional groups attached to an aromatic ring is 1. The largest absolute Gasteiger partial charge is 0.493 e. The highest BCUT2D eigenvalue weighted by atomic mass is 16.5. The molecule has 2 rings (SSSR count). The van der Waals surface area contributed by atoms with Gasteiger partial charge in [0.15, 0.2) is 11.5 Å². The summed E-state index contributed by atoms with van der Waals surface area (Å²) in [5.74, 6) is 1.71. The van der Waals surface area contributed by atoms with E-state index in [1.54, 1.807) is 26.4 Å². The molecule has 1 aliphatic rings. The molecule has 2 N–H and O–H groups in total. The predicted molar refractivity (Wildman–Crippen MR) is 82.9 cm³/mol. The number of carbonyl (C=O) groups is 1. The molecule has 5 nitrogen and oxygen atoms in total. The van der Waals surface area contributed by atoms with Gasteiger partial charge in [-0.25, -0.2) is 0 Å². The fraction of sp³-hybridized carbons (Fsp3) is 0.562. The molecule has 1 aromatic rings. The van der Waals surface area contributed by atoms with Crippen LogP contribution in [0.1, 0.15) is 36.5 Å². The average molecular weight is 292 g/mol. The fourth-order valence-electron chi connectivity index (χ4n) is 2.72. The van der Waals surface area contributed by atoms with Crippen LogP contribution in [0.4, 0.5) is 5.69 Å². The predicted octanol–water partition coefficient (Wildman–Crippen LogP) is 2.55. The lowest BCUT2D eigenvalue weighted by Crippen LogP contribution is -2.32. The third kappa shape index (κ3) is 3.40. The van der Waals surface area contributed by atoms with Crippen LogP contribution in [0.2, 0.25) is 0 Å². The Morgan fingerprint density at radius 1 is 1.19 bits per heavy atom. The van der Waals surface area contributed by atoms with Crippen LogP contribution in [-0.2, 0) is 0 Å². The number of hydrogen-bond donors (Lipinski definition) is 1. The zero-order valence-electron chi connectivity index (χ0n) is 13.0. The second-order valence-corrected chi connectivity index (χ2v) is 5.62. The number of nitrogens with two attached hydrogens (primary N) is 1. The van der Waals surface area contributed by atoms with Gasteiger partial charge in [0.1, 0.15) is 0 Å². The molecule has 1 unspecified atom stereocenters. The smallest absolute Gasteiger partial charge is 0.256 e. The van der Waals surface area contributed by atoms with Crippen molar-refractivity contribution in [3.63, 3.8) is 0 Å². The molecule has 0 radical (unpaired) electrons. The van der Waals surface area contributed by atoms with Crippen LogP contribution >= 0.6 is 0 Å². The number of likely N-dealkylation sites (tertiary alicyclic amines) is 1. The monoisotopic (exact) mass is 292 g/mol. The van der Waals surface area contributed by atoms with E-state index in [9.17, 15) is 4.79 Å². The van der Waals surface area contributed by atoms with E-state index in [1.807, 2.05) is 4.90 Å². The van der Waals surface area contributed by atoms with Crippen LogP contribution in [0, 0.1) is 5.92 Å². The van der Waals surface area contributed by atoms with Gasteiger partial charge < -0.3 is 20.1 Å². The highest BCUT2D eigenvalue weighted by Crippen LogP contribution is 2.32. The number of methoxy groups -OCH3 is 2. The molecule has 0 bridgehead atoms. The number of hydrogen-bond acceptors (Lipinski definition) is 4. The van der Waals surface area contributed by atoms with Gasteiger partial charge in [-0.15, -0.1) is 0 Å². The minimum Gasteiger partial charge on any atom is -0.493 e. The third-order valence-corrected chi connectivity index (χ3v) is 4.09. The molecule has 1 fully saturated rings. The Hall–Kier alpha value is -1.91. The van der Waals surface area contributed by atoms with Gasteiger partial charge in [-0.05, 0) is 31.2 Å². The number of amides is 1. The summed E-state index contributed by atoms with van der Waals surface area (Å²) in [5, 5.41) is 0. The van der Waals surface area contributed by atoms with Gasteiger partial charge in [0.2, 0.25) is 0 Å². The number of carbonyl (C=O) groups excluding carboxylic acids is 1. The quantitative estimate of drug-likeness (QED) is 0.870. The Labute approximate surface area is 126 Å². The molecule has 1 aliphatic heterocycles. The molecule has 1 saturated heterocycles. The molecular formula is C16H24N2O3. The van der Waals surface area contributed by atoms with Crippen molar-refractivity contribution in [2.45, 2.75) is 26.2 Å². The lowest BCUT2D eigenvalue weighted by atomic mass is 10.0. The molecular weight excluding hydrogens is 268 g/mol. The number of rotatable bonds is 3. The van der Waals surface area contributed by atoms with Crippen molar-refractivity contribution in [2.75, 3.05) is 33.0 Å². The highest BCUT2D eigenvalue weighted by Gasteiger charge is 2.23. The van der Waals surface area contributed by atoms with Crippen LogP contribution in [0.15, 0.2) is 12.1 Å². The van der Waals surface area contributed by atoms with Gasteiger partial charge >= 0.3 is 0 Å². The summed E-state index contributed by atoms with van der Waals surface area (Å²) in [7, 11) is 3.10. The second kappa shape index (κ2) is 6.70. The van der Waals surface area contributed by atoms with Crippen molar-refractivity contribution < 1.29 is 14.3 Å². The van der Waals surface area contributed by atoms with Gasteiger partial charge in [0.25, 0.3) is 5.91 Å². The van der Waals surface area contributed by atoms with Crippen molar-refractivity contribution in [3.05, 3.63) is 17.7 Å². The van der Waals surface area contributed by atoms with Gasteiger partial charge in [-0.1, -0.05) is 6.92 Å². The second-order valence-electron chi connectivity index (χ2n) is 5.62. The summed E-state index contributed by atoms with van der Waals surface area (Å²) in [5.41, 5.74) is 6.93. The van der Waals surface area contributed by atoms with E-state index in [0.29, 0.717) is 28.7 Å². The average Bonchev–Trinajstić information content (AvgIpc) is 2.71. The first-order valence-electron chi connectivity index (χ1n) is 7.37. The van der Waals surface area contributed by atoms with Crippen LogP contribution in [-0.4, -0.2) is 38.1 Å². The van der Waals surface area contributed by atoms with Crippen LogP contribution < -0.4 is 15.2 Å². The Morgan fingerprint density at radius 3 is 2.52 bits per heavy atom. The zero-order chi connectivity index (χ0) is 15.4. The Kier molecular flexibility index (Phi) is 4.94. The van der Waals surface area contributed by atoms with E-state index < -0.39 is 0 Å². The summed E-state index contributed by atoms with van der Waals surface area (Å²) >= 11 is 0. The summed E-state index contributed by atoms with van der Waals surface area (Å²) in [4.78, 5) is 14.6. The molecule has 1 aromatic carbocycles. The molecule has 0 aliphatic carbocycles. The normalized spacial score (nSPS) is 19.0. The number of benzene rings is 1. The number of nitrogens with zero attached hydrogens (tertiary/aromatic N) is 1. The van der Waals surface area contributed by atoms with Crippen LogP contribution in [0.5, 0.6) is 11.5 Å². The first-order valence-corrected chi connectivity index (χ1v) is 7.37. The lowest BCUT2D eigenvalue weighted by Gasteiger charge is -2.22. The summed E-state index contributed by atoms with van der Waals surface area (Å²) in [6, 6.07) is 3.32. The van der Waals surface area contributed by atoms with E-state index in [2.05, 4.69) is 6.92 Å². The third-order valence-electron chi connectivity index (χ3n) is 4.09. The fourth-order valence-corrected chi connectivity index (χ4v) is 2.72. The Morgan fingerprint density at radius 2 is 1.86 bits per heavy atom. The van der Waals surface area contributed by atoms with Crippen LogP contribution in [0.3, 0.4) is 0 Å². The zero-order valence-corrected chi connectivity index (χ0v) is 13.0. The molecule has 5 heteroatoms. The van der Waals surface area contributed by atoms with Gasteiger partial charge in [0, 0.05) is 24.8 Å². The molecule has 0 aromatic heterocycles. The molecule has 21 heavy (non-hydrogen) atoms. The summed E-state index contributed by atoms with van der Waals surface area (Å²) in [6.45, 7) is 3.81. The molecule has 0 spiro atoms. The van der Waals surface area contributed by atoms with E-state index >= 15 is 0 Å². The van der Waals surface area contributed by atoms with Crippen LogP contribution in [0.25, 0.3) is 0 Å². The first-order chi connectivity index (χ1) is 10.1. The van der Waals surface area contributed by atoms with E-state index in [1.165, 1.54) is 6.42 Å². The summed E-state index contributed by atoms with van der Waals surface area (Å²) in [6.07, 6.45) is 3.25. The maximum Gasteiger partial charge on any atom is 0.256 e. The molecule has 1 amide bonds. The molecule has 1 atom stereocenters. The molecule has 1 heterocycles. The van der Waals surface area contributed by atoms with Crippen molar-refractivity contribution in [2.24, 2.45) is 5.92 Å². The standard InChI is InChI=1S/C16H24N2O3/c1-11-5-4-7-18(8-6-11)16(19)12-9-14(20-2)15(21-3)10-13(12)17/h9-11H,4-8,17H2,1-3H3. The highest BCUT2D eigenvalue weighted by molar-refractivity contribution is 6.00. The summed E-state index contributed by atoms with van der Waals surface area (Å²) < 4.78 is 10.5. The van der Waals surface area contributed by atoms with Gasteiger partial charge in [0.05, 0.1) is 19.8 Å². The Balaban J connectivity index is 2.26. The lowest BCUT2D eigenvalue weighted by molar-refractivity contribution is 0.0761. The Bertz CT molecular complexity index is 516. The SMILES string of the molecule is COc1cc(N)c(C(=O)N2CCCC(C)CC2)cc1OC. The minimum atomic E-state index is -0.0254. The minimum absolute atomic E-state index is 0.0254. The topological polar surface area (TPSA) is 64.8 Å². The van der Waals surface area contributed by atoms with Gasteiger partial charge in [-0.2, -0.15) is 0 Å². The van der Waals surface area contributed by atoms with Crippen molar-refractivity contribution in [1.29, 1.82) is 0 Å². The first kappa shape index (κ1) is 15.5. The number of anilines is 1. The maximum atomic E-state index is 12.7. The van der Waals surface area contributed by atoms with Crippen molar-refractivity contribution >= 4 is 11.6 Å². The molecule has 0 saturated carbocycles. The van der Waals surface area contributed by atoms with Crippen molar-refractivity contribution in [3.8, 4) is 11.5 Å². The molecule has 116 valence electrons. The van der Waals surface area contributed by atoms with E-state index in [-0.39, 0.29) is 5.91 Å². The van der Waals surface area contributed by atoms with Crippen molar-refractivity contribution in [1.82, 2.24) is 4.90 Å².